The second-order valence-corrected chi connectivity index (χ2v) is 8.08. The highest BCUT2D eigenvalue weighted by Crippen LogP contribution is 2.29. The number of benzene rings is 1. The van der Waals surface area contributed by atoms with Crippen molar-refractivity contribution < 1.29 is 14.4 Å². The number of imidazole rings is 1. The number of aromatic nitrogens is 2. The topological polar surface area (TPSA) is 87.5 Å². The fourth-order valence-corrected chi connectivity index (χ4v) is 4.47. The minimum Gasteiger partial charge on any atom is -0.342 e. The number of nitrogens with zero attached hydrogens (tertiary/aromatic N) is 4. The number of piperidine rings is 1. The van der Waals surface area contributed by atoms with Crippen LogP contribution in [-0.2, 0) is 22.6 Å². The van der Waals surface area contributed by atoms with Crippen LogP contribution in [0.3, 0.4) is 0 Å². The van der Waals surface area contributed by atoms with Gasteiger partial charge in [-0.25, -0.2) is 9.78 Å². The molecule has 0 saturated carbocycles. The van der Waals surface area contributed by atoms with Crippen LogP contribution in [0.2, 0.25) is 0 Å². The number of likely N-dealkylation sites (N-methyl/N-ethyl adjacent to an activating group) is 1. The molecule has 1 aromatic heterocycles. The maximum atomic E-state index is 13.1. The molecular formula is C21H27N5O3. The maximum absolute atomic E-state index is 13.1. The zero-order chi connectivity index (χ0) is 20.8. The van der Waals surface area contributed by atoms with Crippen LogP contribution >= 0.6 is 0 Å². The summed E-state index contributed by atoms with van der Waals surface area (Å²) in [4.78, 5) is 45.0. The van der Waals surface area contributed by atoms with E-state index in [1.807, 2.05) is 36.1 Å². The van der Waals surface area contributed by atoms with E-state index in [-0.39, 0.29) is 23.8 Å². The molecule has 2 aliphatic heterocycles. The molecular weight excluding hydrogens is 370 g/mol. The van der Waals surface area contributed by atoms with E-state index < -0.39 is 5.54 Å². The third-order valence-corrected chi connectivity index (χ3v) is 6.22. The van der Waals surface area contributed by atoms with E-state index in [2.05, 4.69) is 21.8 Å². The highest BCUT2D eigenvalue weighted by Gasteiger charge is 2.51. The third-order valence-electron chi connectivity index (χ3n) is 6.22. The largest absolute Gasteiger partial charge is 0.342 e. The number of amides is 4. The van der Waals surface area contributed by atoms with Gasteiger partial charge in [0.15, 0.2) is 0 Å². The second kappa shape index (κ2) is 7.17. The van der Waals surface area contributed by atoms with Crippen LogP contribution < -0.4 is 5.32 Å². The molecule has 4 amide bonds. The summed E-state index contributed by atoms with van der Waals surface area (Å²) in [5.41, 5.74) is 1.15. The summed E-state index contributed by atoms with van der Waals surface area (Å²) in [6, 6.07) is 7.63. The van der Waals surface area contributed by atoms with Gasteiger partial charge in [0.2, 0.25) is 5.91 Å². The van der Waals surface area contributed by atoms with Gasteiger partial charge in [-0.3, -0.25) is 14.5 Å². The monoisotopic (exact) mass is 397 g/mol. The van der Waals surface area contributed by atoms with Crippen molar-refractivity contribution in [2.24, 2.45) is 5.92 Å². The van der Waals surface area contributed by atoms with Crippen molar-refractivity contribution in [2.45, 2.75) is 45.2 Å². The average Bonchev–Trinajstić information content (AvgIpc) is 3.19. The van der Waals surface area contributed by atoms with Crippen LogP contribution in [0, 0.1) is 5.92 Å². The lowest BCUT2D eigenvalue weighted by atomic mass is 9.87. The van der Waals surface area contributed by atoms with Crippen LogP contribution in [0.5, 0.6) is 0 Å². The molecule has 0 aliphatic carbocycles. The fraction of sp³-hybridized carbons (Fsp3) is 0.524. The summed E-state index contributed by atoms with van der Waals surface area (Å²) in [5.74, 6) is 0.652. The SMILES string of the molecule is CCc1nc2ccccc2n1C[C@H](C)C(=O)N1CCC2(CC1)NC(=O)N(C)C2=O. The minimum atomic E-state index is -0.845. The summed E-state index contributed by atoms with van der Waals surface area (Å²) < 4.78 is 2.14. The molecule has 4 rings (SSSR count). The van der Waals surface area contributed by atoms with Gasteiger partial charge in [0.25, 0.3) is 5.91 Å². The van der Waals surface area contributed by atoms with Crippen molar-refractivity contribution in [2.75, 3.05) is 20.1 Å². The molecule has 2 saturated heterocycles. The smallest absolute Gasteiger partial charge is 0.324 e. The van der Waals surface area contributed by atoms with Crippen LogP contribution in [0.4, 0.5) is 4.79 Å². The Bertz CT molecular complexity index is 974. The number of para-hydroxylation sites is 2. The molecule has 1 N–H and O–H groups in total. The molecule has 1 spiro atoms. The predicted octanol–water partition coefficient (Wildman–Crippen LogP) is 1.78. The average molecular weight is 397 g/mol. The van der Waals surface area contributed by atoms with Crippen molar-refractivity contribution in [1.29, 1.82) is 0 Å². The van der Waals surface area contributed by atoms with Crippen LogP contribution in [-0.4, -0.2) is 62.9 Å². The van der Waals surface area contributed by atoms with Gasteiger partial charge < -0.3 is 14.8 Å². The number of hydrogen-bond donors (Lipinski definition) is 1. The van der Waals surface area contributed by atoms with Crippen molar-refractivity contribution >= 4 is 28.9 Å². The Hall–Kier alpha value is -2.90. The first-order valence-corrected chi connectivity index (χ1v) is 10.2. The van der Waals surface area contributed by atoms with Gasteiger partial charge in [0.1, 0.15) is 11.4 Å². The molecule has 0 bridgehead atoms. The van der Waals surface area contributed by atoms with E-state index in [1.54, 1.807) is 0 Å². The molecule has 2 aliphatic rings. The van der Waals surface area contributed by atoms with E-state index in [4.69, 9.17) is 0 Å². The van der Waals surface area contributed by atoms with Crippen molar-refractivity contribution in [3.8, 4) is 0 Å². The van der Waals surface area contributed by atoms with Gasteiger partial charge in [-0.05, 0) is 25.0 Å². The summed E-state index contributed by atoms with van der Waals surface area (Å²) in [6.07, 6.45) is 1.71. The number of rotatable bonds is 4. The molecule has 0 unspecified atom stereocenters. The first-order valence-electron chi connectivity index (χ1n) is 10.2. The second-order valence-electron chi connectivity index (χ2n) is 8.08. The van der Waals surface area contributed by atoms with E-state index in [0.717, 1.165) is 28.2 Å². The van der Waals surface area contributed by atoms with Gasteiger partial charge in [-0.1, -0.05) is 26.0 Å². The lowest BCUT2D eigenvalue weighted by molar-refractivity contribution is -0.140. The minimum absolute atomic E-state index is 0.0739. The van der Waals surface area contributed by atoms with Crippen molar-refractivity contribution in [3.05, 3.63) is 30.1 Å². The number of carbonyl (C=O) groups excluding carboxylic acids is 3. The van der Waals surface area contributed by atoms with Gasteiger partial charge in [-0.2, -0.15) is 0 Å². The molecule has 0 radical (unpaired) electrons. The summed E-state index contributed by atoms with van der Waals surface area (Å²) in [7, 11) is 1.49. The van der Waals surface area contributed by atoms with E-state index in [1.165, 1.54) is 7.05 Å². The Morgan fingerprint density at radius 2 is 1.93 bits per heavy atom. The Balaban J connectivity index is 1.45. The van der Waals surface area contributed by atoms with Crippen molar-refractivity contribution in [1.82, 2.24) is 24.7 Å². The molecule has 154 valence electrons. The van der Waals surface area contributed by atoms with Crippen LogP contribution in [0.25, 0.3) is 11.0 Å². The Kier molecular flexibility index (Phi) is 4.80. The Labute approximate surface area is 169 Å². The first kappa shape index (κ1) is 19.4. The number of aryl methyl sites for hydroxylation is 1. The number of fused-ring (bicyclic) bond motifs is 1. The molecule has 8 heteroatoms. The molecule has 3 heterocycles. The number of carbonyl (C=O) groups is 3. The predicted molar refractivity (Wildman–Crippen MR) is 108 cm³/mol. The quantitative estimate of drug-likeness (QED) is 0.797. The molecule has 1 aromatic carbocycles. The van der Waals surface area contributed by atoms with Crippen LogP contribution in [0.15, 0.2) is 24.3 Å². The highest BCUT2D eigenvalue weighted by molar-refractivity contribution is 6.06. The first-order chi connectivity index (χ1) is 13.9. The summed E-state index contributed by atoms with van der Waals surface area (Å²) in [5, 5.41) is 2.82. The van der Waals surface area contributed by atoms with Gasteiger partial charge >= 0.3 is 6.03 Å². The van der Waals surface area contributed by atoms with E-state index in [9.17, 15) is 14.4 Å². The Morgan fingerprint density at radius 3 is 2.55 bits per heavy atom. The maximum Gasteiger partial charge on any atom is 0.324 e. The molecule has 29 heavy (non-hydrogen) atoms. The third kappa shape index (κ3) is 3.16. The summed E-state index contributed by atoms with van der Waals surface area (Å²) in [6.45, 7) is 5.51. The van der Waals surface area contributed by atoms with Crippen LogP contribution in [0.1, 0.15) is 32.5 Å². The number of urea groups is 1. The zero-order valence-corrected chi connectivity index (χ0v) is 17.1. The lowest BCUT2D eigenvalue weighted by Gasteiger charge is -2.38. The van der Waals surface area contributed by atoms with Gasteiger partial charge in [-0.15, -0.1) is 0 Å². The standard InChI is InChI=1S/C21H27N5O3/c1-4-17-22-15-7-5-6-8-16(15)26(17)13-14(2)18(27)25-11-9-21(10-12-25)19(28)24(3)20(29)23-21/h5-8,14H,4,9-13H2,1-3H3,(H,23,29)/t14-/m0/s1. The molecule has 1 atom stereocenters. The number of likely N-dealkylation sites (tertiary alicyclic amines) is 1. The normalized spacial score (nSPS) is 19.8. The molecule has 8 nitrogen and oxygen atoms in total. The van der Waals surface area contributed by atoms with Gasteiger partial charge in [0.05, 0.1) is 17.0 Å². The number of nitrogens with one attached hydrogen (secondary N) is 1. The van der Waals surface area contributed by atoms with E-state index in [0.29, 0.717) is 32.5 Å². The number of imide groups is 1. The summed E-state index contributed by atoms with van der Waals surface area (Å²) >= 11 is 0. The Morgan fingerprint density at radius 1 is 1.24 bits per heavy atom. The van der Waals surface area contributed by atoms with Crippen molar-refractivity contribution in [3.63, 3.8) is 0 Å². The molecule has 2 aromatic rings. The molecule has 2 fully saturated rings. The van der Waals surface area contributed by atoms with E-state index >= 15 is 0 Å². The lowest BCUT2D eigenvalue weighted by Crippen LogP contribution is -2.56. The highest BCUT2D eigenvalue weighted by atomic mass is 16.2. The van der Waals surface area contributed by atoms with Gasteiger partial charge in [0, 0.05) is 33.1 Å². The zero-order valence-electron chi connectivity index (χ0n) is 17.1. The number of hydrogen-bond acceptors (Lipinski definition) is 4. The fourth-order valence-electron chi connectivity index (χ4n) is 4.47.